The minimum Gasteiger partial charge on any atom is -0.450 e. The lowest BCUT2D eigenvalue weighted by atomic mass is 10.1. The number of likely N-dealkylation sites (tertiary alicyclic amines) is 1. The molecule has 2 rings (SSSR count). The van der Waals surface area contributed by atoms with Crippen LogP contribution in [0.2, 0.25) is 0 Å². The maximum Gasteiger partial charge on any atom is 0.409 e. The molecule has 3 amide bonds. The SMILES string of the molecule is CCOC(=O)N1CCC(NC(=O)CCN(C(C)=O)c2cc(C)ccc2C)CC1. The van der Waals surface area contributed by atoms with E-state index in [0.29, 0.717) is 39.1 Å². The maximum atomic E-state index is 12.4. The first-order valence-electron chi connectivity index (χ1n) is 9.88. The third-order valence-electron chi connectivity index (χ3n) is 4.98. The number of rotatable bonds is 6. The standard InChI is InChI=1S/C21H31N3O4/c1-5-28-21(27)23-11-8-18(9-12-23)22-20(26)10-13-24(17(4)25)19-14-15(2)6-7-16(19)3/h6-7,14,18H,5,8-13H2,1-4H3,(H,22,26). The van der Waals surface area contributed by atoms with Crippen LogP contribution in [0, 0.1) is 13.8 Å². The van der Waals surface area contributed by atoms with Crippen molar-refractivity contribution in [1.82, 2.24) is 10.2 Å². The normalized spacial score (nSPS) is 14.5. The van der Waals surface area contributed by atoms with Crippen LogP contribution in [0.4, 0.5) is 10.5 Å². The summed E-state index contributed by atoms with van der Waals surface area (Å²) < 4.78 is 5.01. The Balaban J connectivity index is 1.85. The second-order valence-electron chi connectivity index (χ2n) is 7.24. The van der Waals surface area contributed by atoms with Gasteiger partial charge in [-0.05, 0) is 50.8 Å². The third kappa shape index (κ3) is 5.97. The highest BCUT2D eigenvalue weighted by molar-refractivity contribution is 5.93. The van der Waals surface area contributed by atoms with E-state index in [9.17, 15) is 14.4 Å². The van der Waals surface area contributed by atoms with Crippen LogP contribution in [0.3, 0.4) is 0 Å². The average Bonchev–Trinajstić information content (AvgIpc) is 2.65. The highest BCUT2D eigenvalue weighted by Gasteiger charge is 2.25. The van der Waals surface area contributed by atoms with Crippen molar-refractivity contribution in [3.63, 3.8) is 0 Å². The van der Waals surface area contributed by atoms with Gasteiger partial charge in [0, 0.05) is 44.7 Å². The Labute approximate surface area is 167 Å². The minimum absolute atomic E-state index is 0.0460. The van der Waals surface area contributed by atoms with Crippen molar-refractivity contribution in [2.75, 3.05) is 31.1 Å². The summed E-state index contributed by atoms with van der Waals surface area (Å²) in [4.78, 5) is 39.6. The van der Waals surface area contributed by atoms with Gasteiger partial charge in [-0.1, -0.05) is 12.1 Å². The Morgan fingerprint density at radius 3 is 2.50 bits per heavy atom. The summed E-state index contributed by atoms with van der Waals surface area (Å²) in [6.07, 6.45) is 1.36. The van der Waals surface area contributed by atoms with Crippen LogP contribution in [-0.2, 0) is 14.3 Å². The molecule has 154 valence electrons. The molecule has 1 aliphatic heterocycles. The number of carbonyl (C=O) groups is 3. The van der Waals surface area contributed by atoms with Gasteiger partial charge in [-0.15, -0.1) is 0 Å². The van der Waals surface area contributed by atoms with E-state index >= 15 is 0 Å². The number of ether oxygens (including phenoxy) is 1. The maximum absolute atomic E-state index is 12.4. The second kappa shape index (κ2) is 10.1. The summed E-state index contributed by atoms with van der Waals surface area (Å²) >= 11 is 0. The van der Waals surface area contributed by atoms with E-state index in [-0.39, 0.29) is 30.4 Å². The van der Waals surface area contributed by atoms with Crippen molar-refractivity contribution in [2.45, 2.75) is 53.0 Å². The van der Waals surface area contributed by atoms with Gasteiger partial charge in [0.25, 0.3) is 0 Å². The van der Waals surface area contributed by atoms with Crippen molar-refractivity contribution >= 4 is 23.6 Å². The van der Waals surface area contributed by atoms with Gasteiger partial charge in [0.05, 0.1) is 6.61 Å². The molecule has 28 heavy (non-hydrogen) atoms. The molecule has 0 radical (unpaired) electrons. The molecule has 1 aliphatic rings. The van der Waals surface area contributed by atoms with Crippen LogP contribution in [0.5, 0.6) is 0 Å². The molecular weight excluding hydrogens is 358 g/mol. The van der Waals surface area contributed by atoms with Crippen LogP contribution in [-0.4, -0.2) is 55.1 Å². The predicted octanol–water partition coefficient (Wildman–Crippen LogP) is 2.78. The summed E-state index contributed by atoms with van der Waals surface area (Å²) in [5, 5.41) is 3.03. The van der Waals surface area contributed by atoms with Crippen LogP contribution in [0.15, 0.2) is 18.2 Å². The number of anilines is 1. The van der Waals surface area contributed by atoms with Gasteiger partial charge in [0.1, 0.15) is 0 Å². The molecule has 0 bridgehead atoms. The molecule has 7 heteroatoms. The van der Waals surface area contributed by atoms with Crippen LogP contribution >= 0.6 is 0 Å². The number of hydrogen-bond donors (Lipinski definition) is 1. The fraction of sp³-hybridized carbons (Fsp3) is 0.571. The topological polar surface area (TPSA) is 79.0 Å². The number of nitrogens with one attached hydrogen (secondary N) is 1. The number of piperidine rings is 1. The predicted molar refractivity (Wildman–Crippen MR) is 108 cm³/mol. The lowest BCUT2D eigenvalue weighted by Crippen LogP contribution is -2.47. The van der Waals surface area contributed by atoms with Gasteiger partial charge >= 0.3 is 6.09 Å². The molecule has 0 unspecified atom stereocenters. The van der Waals surface area contributed by atoms with E-state index in [1.165, 1.54) is 6.92 Å². The number of nitrogens with zero attached hydrogens (tertiary/aromatic N) is 2. The molecule has 1 fully saturated rings. The molecular formula is C21H31N3O4. The first kappa shape index (κ1) is 21.7. The fourth-order valence-corrected chi connectivity index (χ4v) is 3.39. The summed E-state index contributed by atoms with van der Waals surface area (Å²) in [6.45, 7) is 9.10. The van der Waals surface area contributed by atoms with E-state index in [4.69, 9.17) is 4.74 Å². The van der Waals surface area contributed by atoms with E-state index in [2.05, 4.69) is 5.32 Å². The number of aryl methyl sites for hydroxylation is 2. The molecule has 0 atom stereocenters. The van der Waals surface area contributed by atoms with Crippen LogP contribution in [0.1, 0.15) is 44.2 Å². The average molecular weight is 389 g/mol. The monoisotopic (exact) mass is 389 g/mol. The minimum atomic E-state index is -0.294. The Hall–Kier alpha value is -2.57. The number of amides is 3. The van der Waals surface area contributed by atoms with Crippen molar-refractivity contribution < 1.29 is 19.1 Å². The summed E-state index contributed by atoms with van der Waals surface area (Å²) in [7, 11) is 0. The molecule has 1 heterocycles. The van der Waals surface area contributed by atoms with Gasteiger partial charge in [-0.3, -0.25) is 9.59 Å². The van der Waals surface area contributed by atoms with E-state index in [1.54, 1.807) is 16.7 Å². The van der Waals surface area contributed by atoms with Gasteiger partial charge in [0.2, 0.25) is 11.8 Å². The number of benzene rings is 1. The summed E-state index contributed by atoms with van der Waals surface area (Å²) in [6, 6.07) is 6.01. The van der Waals surface area contributed by atoms with Gasteiger partial charge in [-0.2, -0.15) is 0 Å². The highest BCUT2D eigenvalue weighted by Crippen LogP contribution is 2.22. The van der Waals surface area contributed by atoms with E-state index < -0.39 is 0 Å². The quantitative estimate of drug-likeness (QED) is 0.811. The highest BCUT2D eigenvalue weighted by atomic mass is 16.6. The molecule has 0 spiro atoms. The van der Waals surface area contributed by atoms with Gasteiger partial charge < -0.3 is 19.9 Å². The van der Waals surface area contributed by atoms with Crippen LogP contribution < -0.4 is 10.2 Å². The first-order chi connectivity index (χ1) is 13.3. The number of carbonyl (C=O) groups excluding carboxylic acids is 3. The Kier molecular flexibility index (Phi) is 7.84. The Morgan fingerprint density at radius 2 is 1.89 bits per heavy atom. The Bertz CT molecular complexity index is 712. The van der Waals surface area contributed by atoms with Crippen molar-refractivity contribution in [3.05, 3.63) is 29.3 Å². The number of hydrogen-bond acceptors (Lipinski definition) is 4. The lowest BCUT2D eigenvalue weighted by molar-refractivity contribution is -0.122. The molecule has 0 aliphatic carbocycles. The third-order valence-corrected chi connectivity index (χ3v) is 4.98. The molecule has 1 aromatic rings. The van der Waals surface area contributed by atoms with Crippen LogP contribution in [0.25, 0.3) is 0 Å². The van der Waals surface area contributed by atoms with Crippen molar-refractivity contribution in [2.24, 2.45) is 0 Å². The lowest BCUT2D eigenvalue weighted by Gasteiger charge is -2.31. The fourth-order valence-electron chi connectivity index (χ4n) is 3.39. The zero-order valence-electron chi connectivity index (χ0n) is 17.3. The molecule has 1 saturated heterocycles. The first-order valence-corrected chi connectivity index (χ1v) is 9.88. The van der Waals surface area contributed by atoms with E-state index in [1.807, 2.05) is 32.0 Å². The Morgan fingerprint density at radius 1 is 1.21 bits per heavy atom. The summed E-state index contributed by atoms with van der Waals surface area (Å²) in [5.41, 5.74) is 2.93. The second-order valence-corrected chi connectivity index (χ2v) is 7.24. The summed E-state index contributed by atoms with van der Waals surface area (Å²) in [5.74, 6) is -0.157. The largest absolute Gasteiger partial charge is 0.450 e. The molecule has 1 N–H and O–H groups in total. The van der Waals surface area contributed by atoms with E-state index in [0.717, 1.165) is 16.8 Å². The van der Waals surface area contributed by atoms with Gasteiger partial charge in [-0.25, -0.2) is 4.79 Å². The van der Waals surface area contributed by atoms with Crippen molar-refractivity contribution in [1.29, 1.82) is 0 Å². The van der Waals surface area contributed by atoms with Gasteiger partial charge in [0.15, 0.2) is 0 Å². The zero-order valence-corrected chi connectivity index (χ0v) is 17.3. The molecule has 0 aromatic heterocycles. The smallest absolute Gasteiger partial charge is 0.409 e. The zero-order chi connectivity index (χ0) is 20.7. The molecule has 0 saturated carbocycles. The van der Waals surface area contributed by atoms with Crippen molar-refractivity contribution in [3.8, 4) is 0 Å². The molecule has 1 aromatic carbocycles. The molecule has 7 nitrogen and oxygen atoms in total.